The van der Waals surface area contributed by atoms with Crippen molar-refractivity contribution in [2.24, 2.45) is 0 Å². The Labute approximate surface area is 161 Å². The zero-order chi connectivity index (χ0) is 19.1. The Hall–Kier alpha value is -3.29. The van der Waals surface area contributed by atoms with Crippen molar-refractivity contribution in [1.29, 1.82) is 0 Å². The summed E-state index contributed by atoms with van der Waals surface area (Å²) in [5.74, 6) is 12.2. The van der Waals surface area contributed by atoms with Crippen molar-refractivity contribution in [3.8, 4) is 23.7 Å². The number of benzene rings is 3. The molecule has 3 aromatic rings. The molecule has 0 saturated carbocycles. The minimum atomic E-state index is -0.193. The first-order chi connectivity index (χ1) is 13.2. The Morgan fingerprint density at radius 3 is 1.48 bits per heavy atom. The van der Waals surface area contributed by atoms with Crippen LogP contribution in [0.5, 0.6) is 0 Å². The van der Waals surface area contributed by atoms with Crippen LogP contribution in [-0.2, 0) is 12.8 Å². The average Bonchev–Trinajstić information content (AvgIpc) is 2.72. The monoisotopic (exact) mass is 352 g/mol. The fourth-order valence-electron chi connectivity index (χ4n) is 2.66. The highest BCUT2D eigenvalue weighted by molar-refractivity contribution is 5.48. The van der Waals surface area contributed by atoms with Crippen LogP contribution in [0.15, 0.2) is 66.7 Å². The third-order valence-corrected chi connectivity index (χ3v) is 4.38. The van der Waals surface area contributed by atoms with Crippen LogP contribution in [0.25, 0.3) is 0 Å². The first-order valence-corrected chi connectivity index (χ1v) is 9.19. The molecule has 0 aliphatic rings. The zero-order valence-electron chi connectivity index (χ0n) is 15.6. The lowest BCUT2D eigenvalue weighted by atomic mass is 10.1. The maximum Gasteiger partial charge on any atom is 0.127 e. The molecule has 3 rings (SSSR count). The van der Waals surface area contributed by atoms with Crippen molar-refractivity contribution >= 4 is 0 Å². The molecule has 27 heavy (non-hydrogen) atoms. The largest absolute Gasteiger partial charge is 0.207 e. The van der Waals surface area contributed by atoms with Crippen LogP contribution in [0.2, 0.25) is 0 Å². The van der Waals surface area contributed by atoms with Gasteiger partial charge in [0.1, 0.15) is 5.82 Å². The first kappa shape index (κ1) is 18.5. The number of hydrogen-bond acceptors (Lipinski definition) is 0. The van der Waals surface area contributed by atoms with E-state index >= 15 is 0 Å². The SMILES string of the molecule is CCc1ccc(C#Cc2ccc(C#Cc3ccc(CC)c(F)c3)cc2)cc1. The van der Waals surface area contributed by atoms with Gasteiger partial charge in [0.15, 0.2) is 0 Å². The molecule has 0 aliphatic heterocycles. The van der Waals surface area contributed by atoms with Crippen molar-refractivity contribution in [2.75, 3.05) is 0 Å². The third kappa shape index (κ3) is 5.10. The van der Waals surface area contributed by atoms with Crippen LogP contribution >= 0.6 is 0 Å². The molecule has 0 heterocycles. The Morgan fingerprint density at radius 1 is 0.593 bits per heavy atom. The summed E-state index contributed by atoms with van der Waals surface area (Å²) >= 11 is 0. The van der Waals surface area contributed by atoms with E-state index in [-0.39, 0.29) is 5.82 Å². The minimum absolute atomic E-state index is 0.193. The molecule has 1 heteroatoms. The van der Waals surface area contributed by atoms with Crippen LogP contribution in [0.4, 0.5) is 4.39 Å². The van der Waals surface area contributed by atoms with E-state index < -0.39 is 0 Å². The fraction of sp³-hybridized carbons (Fsp3) is 0.154. The maximum absolute atomic E-state index is 13.8. The number of hydrogen-bond donors (Lipinski definition) is 0. The maximum atomic E-state index is 13.8. The van der Waals surface area contributed by atoms with E-state index in [2.05, 4.69) is 54.9 Å². The molecule has 0 bridgehead atoms. The molecule has 0 fully saturated rings. The third-order valence-electron chi connectivity index (χ3n) is 4.38. The van der Waals surface area contributed by atoms with Gasteiger partial charge in [-0.3, -0.25) is 0 Å². The van der Waals surface area contributed by atoms with Gasteiger partial charge in [-0.2, -0.15) is 0 Å². The Morgan fingerprint density at radius 2 is 1.04 bits per heavy atom. The summed E-state index contributed by atoms with van der Waals surface area (Å²) in [7, 11) is 0. The van der Waals surface area contributed by atoms with Gasteiger partial charge in [-0.1, -0.05) is 55.7 Å². The minimum Gasteiger partial charge on any atom is -0.207 e. The van der Waals surface area contributed by atoms with Gasteiger partial charge in [-0.25, -0.2) is 4.39 Å². The highest BCUT2D eigenvalue weighted by Crippen LogP contribution is 2.11. The molecule has 0 saturated heterocycles. The van der Waals surface area contributed by atoms with E-state index in [9.17, 15) is 4.39 Å². The zero-order valence-corrected chi connectivity index (χ0v) is 15.6. The summed E-state index contributed by atoms with van der Waals surface area (Å²) in [6.07, 6.45) is 1.72. The van der Waals surface area contributed by atoms with E-state index in [4.69, 9.17) is 0 Å². The van der Waals surface area contributed by atoms with Crippen LogP contribution in [-0.4, -0.2) is 0 Å². The molecule has 0 aromatic heterocycles. The molecule has 0 N–H and O–H groups in total. The van der Waals surface area contributed by atoms with E-state index in [1.165, 1.54) is 11.6 Å². The van der Waals surface area contributed by atoms with Crippen LogP contribution < -0.4 is 0 Å². The number of halogens is 1. The molecule has 0 unspecified atom stereocenters. The van der Waals surface area contributed by atoms with Gasteiger partial charge in [0.2, 0.25) is 0 Å². The predicted molar refractivity (Wildman–Crippen MR) is 110 cm³/mol. The summed E-state index contributed by atoms with van der Waals surface area (Å²) in [6.45, 7) is 4.08. The second-order valence-electron chi connectivity index (χ2n) is 6.29. The van der Waals surface area contributed by atoms with Crippen molar-refractivity contribution in [1.82, 2.24) is 0 Å². The molecular formula is C26H21F. The van der Waals surface area contributed by atoms with Crippen LogP contribution in [0.1, 0.15) is 47.2 Å². The quantitative estimate of drug-likeness (QED) is 0.515. The van der Waals surface area contributed by atoms with E-state index in [0.29, 0.717) is 17.5 Å². The van der Waals surface area contributed by atoms with Gasteiger partial charge in [-0.15, -0.1) is 0 Å². The second-order valence-corrected chi connectivity index (χ2v) is 6.29. The Bertz CT molecular complexity index is 1030. The summed E-state index contributed by atoms with van der Waals surface area (Å²) in [4.78, 5) is 0. The van der Waals surface area contributed by atoms with Crippen molar-refractivity contribution in [3.63, 3.8) is 0 Å². The highest BCUT2D eigenvalue weighted by atomic mass is 19.1. The highest BCUT2D eigenvalue weighted by Gasteiger charge is 1.99. The molecule has 0 nitrogen and oxygen atoms in total. The normalized spacial score (nSPS) is 9.74. The lowest BCUT2D eigenvalue weighted by molar-refractivity contribution is 0.612. The molecule has 0 aliphatic carbocycles. The van der Waals surface area contributed by atoms with Crippen LogP contribution in [0, 0.1) is 29.5 Å². The fourth-order valence-corrected chi connectivity index (χ4v) is 2.66. The standard InChI is InChI=1S/C26H21F/c1-3-20-5-7-21(8-6-20)9-10-22-11-13-23(14-12-22)15-16-24-17-18-25(4-2)26(27)19-24/h5-8,11-14,17-19H,3-4H2,1-2H3. The summed E-state index contributed by atoms with van der Waals surface area (Å²) in [5, 5.41) is 0. The van der Waals surface area contributed by atoms with Crippen LogP contribution in [0.3, 0.4) is 0 Å². The Kier molecular flexibility index (Phi) is 6.09. The second kappa shape index (κ2) is 8.88. The average molecular weight is 352 g/mol. The Balaban J connectivity index is 1.71. The lowest BCUT2D eigenvalue weighted by Crippen LogP contribution is -1.88. The van der Waals surface area contributed by atoms with Gasteiger partial charge >= 0.3 is 0 Å². The lowest BCUT2D eigenvalue weighted by Gasteiger charge is -1.99. The van der Waals surface area contributed by atoms with E-state index in [0.717, 1.165) is 23.1 Å². The van der Waals surface area contributed by atoms with E-state index in [1.807, 2.05) is 37.3 Å². The smallest absolute Gasteiger partial charge is 0.127 e. The van der Waals surface area contributed by atoms with Gasteiger partial charge in [0.25, 0.3) is 0 Å². The summed E-state index contributed by atoms with van der Waals surface area (Å²) < 4.78 is 13.8. The van der Waals surface area contributed by atoms with Gasteiger partial charge < -0.3 is 0 Å². The van der Waals surface area contributed by atoms with Crippen molar-refractivity contribution < 1.29 is 4.39 Å². The summed E-state index contributed by atoms with van der Waals surface area (Å²) in [6, 6.07) is 21.3. The topological polar surface area (TPSA) is 0 Å². The van der Waals surface area contributed by atoms with Gasteiger partial charge in [0, 0.05) is 22.3 Å². The van der Waals surface area contributed by atoms with E-state index in [1.54, 1.807) is 6.07 Å². The van der Waals surface area contributed by atoms with Crippen molar-refractivity contribution in [2.45, 2.75) is 26.7 Å². The predicted octanol–water partition coefficient (Wildman–Crippen LogP) is 5.75. The van der Waals surface area contributed by atoms with Crippen molar-refractivity contribution in [3.05, 3.63) is 106 Å². The number of rotatable bonds is 2. The van der Waals surface area contributed by atoms with Gasteiger partial charge in [0.05, 0.1) is 0 Å². The molecule has 0 atom stereocenters. The molecular weight excluding hydrogens is 331 g/mol. The van der Waals surface area contributed by atoms with Gasteiger partial charge in [-0.05, 0) is 72.5 Å². The first-order valence-electron chi connectivity index (χ1n) is 9.19. The number of aryl methyl sites for hydroxylation is 2. The molecule has 0 radical (unpaired) electrons. The molecule has 132 valence electrons. The summed E-state index contributed by atoms with van der Waals surface area (Å²) in [5.41, 5.74) is 5.55. The molecule has 3 aromatic carbocycles. The molecule has 0 spiro atoms. The molecule has 0 amide bonds.